The molecule has 1 saturated heterocycles. The third kappa shape index (κ3) is 4.40. The molecule has 1 fully saturated rings. The highest BCUT2D eigenvalue weighted by molar-refractivity contribution is 7.89. The molecule has 0 unspecified atom stereocenters. The number of rotatable bonds is 4. The van der Waals surface area contributed by atoms with Gasteiger partial charge in [0.15, 0.2) is 0 Å². The van der Waals surface area contributed by atoms with Crippen LogP contribution in [0.5, 0.6) is 0 Å². The predicted molar refractivity (Wildman–Crippen MR) is 110 cm³/mol. The Kier molecular flexibility index (Phi) is 6.31. The molecule has 0 atom stereocenters. The van der Waals surface area contributed by atoms with Gasteiger partial charge >= 0.3 is 0 Å². The molecule has 1 aromatic heterocycles. The first kappa shape index (κ1) is 20.4. The smallest absolute Gasteiger partial charge is 0.243 e. The van der Waals surface area contributed by atoms with Crippen molar-refractivity contribution in [2.24, 2.45) is 0 Å². The molecule has 0 N–H and O–H groups in total. The Labute approximate surface area is 171 Å². The number of hydrogen-bond donors (Lipinski definition) is 0. The van der Waals surface area contributed by atoms with Crippen LogP contribution in [0.25, 0.3) is 0 Å². The van der Waals surface area contributed by atoms with Crippen molar-refractivity contribution in [1.82, 2.24) is 9.29 Å². The molecule has 0 aliphatic carbocycles. The summed E-state index contributed by atoms with van der Waals surface area (Å²) in [7, 11) is -3.53. The van der Waals surface area contributed by atoms with Crippen LogP contribution in [-0.4, -0.2) is 43.9 Å². The molecule has 146 valence electrons. The Morgan fingerprint density at radius 3 is 2.19 bits per heavy atom. The first-order chi connectivity index (χ1) is 12.8. The van der Waals surface area contributed by atoms with Crippen LogP contribution in [0.15, 0.2) is 41.6 Å². The molecule has 0 radical (unpaired) electrons. The van der Waals surface area contributed by atoms with Gasteiger partial charge in [0.05, 0.1) is 20.6 Å². The van der Waals surface area contributed by atoms with Gasteiger partial charge in [-0.1, -0.05) is 49.2 Å². The third-order valence-corrected chi connectivity index (χ3v) is 7.25. The van der Waals surface area contributed by atoms with Gasteiger partial charge in [-0.2, -0.15) is 4.31 Å². The summed E-state index contributed by atoms with van der Waals surface area (Å²) in [6.45, 7) is 6.22. The van der Waals surface area contributed by atoms with Crippen molar-refractivity contribution in [3.63, 3.8) is 0 Å². The molecule has 3 rings (SSSR count). The van der Waals surface area contributed by atoms with E-state index in [4.69, 9.17) is 23.2 Å². The Bertz CT molecular complexity index is 881. The fourth-order valence-electron chi connectivity index (χ4n) is 3.24. The second kappa shape index (κ2) is 8.35. The van der Waals surface area contributed by atoms with Crippen molar-refractivity contribution in [1.29, 1.82) is 0 Å². The van der Waals surface area contributed by atoms with Crippen LogP contribution in [0.3, 0.4) is 0 Å². The average molecular weight is 428 g/mol. The Balaban J connectivity index is 1.79. The summed E-state index contributed by atoms with van der Waals surface area (Å²) in [6.07, 6.45) is 3.80. The van der Waals surface area contributed by atoms with E-state index in [0.29, 0.717) is 59.1 Å². The van der Waals surface area contributed by atoms with Crippen molar-refractivity contribution in [2.75, 3.05) is 31.1 Å². The van der Waals surface area contributed by atoms with Crippen molar-refractivity contribution < 1.29 is 8.42 Å². The minimum Gasteiger partial charge on any atom is -0.368 e. The van der Waals surface area contributed by atoms with Crippen LogP contribution in [0.2, 0.25) is 10.0 Å². The second-order valence-electron chi connectivity index (χ2n) is 6.92. The molecule has 0 bridgehead atoms. The van der Waals surface area contributed by atoms with E-state index in [1.165, 1.54) is 0 Å². The molecular formula is C19H23Cl2N3O2S. The summed E-state index contributed by atoms with van der Waals surface area (Å²) in [5, 5.41) is 0.950. The molecule has 5 nitrogen and oxygen atoms in total. The highest BCUT2D eigenvalue weighted by atomic mass is 35.5. The van der Waals surface area contributed by atoms with Crippen molar-refractivity contribution in [2.45, 2.75) is 31.1 Å². The van der Waals surface area contributed by atoms with Crippen LogP contribution >= 0.6 is 23.2 Å². The first-order valence-electron chi connectivity index (χ1n) is 8.95. The van der Waals surface area contributed by atoms with Crippen molar-refractivity contribution >= 4 is 38.9 Å². The summed E-state index contributed by atoms with van der Waals surface area (Å²) < 4.78 is 27.6. The fourth-order valence-corrected chi connectivity index (χ4v) is 5.31. The van der Waals surface area contributed by atoms with Crippen LogP contribution in [0.1, 0.15) is 31.7 Å². The zero-order valence-corrected chi connectivity index (χ0v) is 17.7. The van der Waals surface area contributed by atoms with Gasteiger partial charge in [0, 0.05) is 38.6 Å². The first-order valence-corrected chi connectivity index (χ1v) is 11.1. The molecule has 0 spiro atoms. The lowest BCUT2D eigenvalue weighted by Gasteiger charge is -2.25. The highest BCUT2D eigenvalue weighted by Gasteiger charge is 2.28. The number of hydrogen-bond acceptors (Lipinski definition) is 4. The quantitative estimate of drug-likeness (QED) is 0.724. The summed E-state index contributed by atoms with van der Waals surface area (Å²) in [5.74, 6) is 0.364. The molecule has 1 aromatic carbocycles. The van der Waals surface area contributed by atoms with Gasteiger partial charge < -0.3 is 4.90 Å². The standard InChI is InChI=1S/C19H23Cl2N3O2S/c1-14(2)15-4-6-16(7-5-15)27(25,26)24-9-3-8-23(10-11-24)19-17(20)12-22-13-18(19)21/h4-7,12-14H,3,8-11H2,1-2H3. The summed E-state index contributed by atoms with van der Waals surface area (Å²) in [6, 6.07) is 7.17. The number of nitrogens with zero attached hydrogens (tertiary/aromatic N) is 3. The normalized spacial score (nSPS) is 16.6. The van der Waals surface area contributed by atoms with Crippen LogP contribution in [0, 0.1) is 0 Å². The summed E-state index contributed by atoms with van der Waals surface area (Å²) in [5.41, 5.74) is 1.84. The van der Waals surface area contributed by atoms with Gasteiger partial charge in [-0.15, -0.1) is 0 Å². The molecule has 8 heteroatoms. The monoisotopic (exact) mass is 427 g/mol. The van der Waals surface area contributed by atoms with Crippen LogP contribution < -0.4 is 4.90 Å². The minimum absolute atomic E-state index is 0.334. The van der Waals surface area contributed by atoms with E-state index in [0.717, 1.165) is 5.56 Å². The minimum atomic E-state index is -3.53. The maximum atomic E-state index is 13.0. The molecule has 0 amide bonds. The van der Waals surface area contributed by atoms with Gasteiger partial charge in [-0.3, -0.25) is 4.98 Å². The molecule has 0 saturated carbocycles. The van der Waals surface area contributed by atoms with E-state index in [9.17, 15) is 8.42 Å². The largest absolute Gasteiger partial charge is 0.368 e. The second-order valence-corrected chi connectivity index (χ2v) is 9.67. The average Bonchev–Trinajstić information content (AvgIpc) is 2.88. The van der Waals surface area contributed by atoms with Crippen molar-refractivity contribution in [3.05, 3.63) is 52.3 Å². The molecule has 2 heterocycles. The number of sulfonamides is 1. The summed E-state index contributed by atoms with van der Waals surface area (Å²) >= 11 is 12.5. The van der Waals surface area contributed by atoms with E-state index in [2.05, 4.69) is 18.8 Å². The zero-order chi connectivity index (χ0) is 19.6. The number of pyridine rings is 1. The van der Waals surface area contributed by atoms with E-state index in [1.54, 1.807) is 28.8 Å². The van der Waals surface area contributed by atoms with Gasteiger partial charge in [-0.05, 0) is 30.0 Å². The van der Waals surface area contributed by atoms with Crippen LogP contribution in [0.4, 0.5) is 5.69 Å². The Morgan fingerprint density at radius 1 is 0.963 bits per heavy atom. The molecule has 27 heavy (non-hydrogen) atoms. The third-order valence-electron chi connectivity index (χ3n) is 4.78. The van der Waals surface area contributed by atoms with Crippen LogP contribution in [-0.2, 0) is 10.0 Å². The number of benzene rings is 1. The number of halogens is 2. The lowest BCUT2D eigenvalue weighted by atomic mass is 10.0. The maximum absolute atomic E-state index is 13.0. The molecule has 1 aliphatic heterocycles. The summed E-state index contributed by atoms with van der Waals surface area (Å²) in [4.78, 5) is 6.34. The molecular weight excluding hydrogens is 405 g/mol. The molecule has 1 aliphatic rings. The SMILES string of the molecule is CC(C)c1ccc(S(=O)(=O)N2CCCN(c3c(Cl)cncc3Cl)CC2)cc1. The van der Waals surface area contributed by atoms with Gasteiger partial charge in [0.1, 0.15) is 0 Å². The Morgan fingerprint density at radius 2 is 1.59 bits per heavy atom. The predicted octanol–water partition coefficient (Wildman–Crippen LogP) is 4.41. The van der Waals surface area contributed by atoms with E-state index < -0.39 is 10.0 Å². The zero-order valence-electron chi connectivity index (χ0n) is 15.4. The van der Waals surface area contributed by atoms with E-state index in [-0.39, 0.29) is 0 Å². The fraction of sp³-hybridized carbons (Fsp3) is 0.421. The topological polar surface area (TPSA) is 53.5 Å². The number of anilines is 1. The van der Waals surface area contributed by atoms with Gasteiger partial charge in [-0.25, -0.2) is 8.42 Å². The van der Waals surface area contributed by atoms with Gasteiger partial charge in [0.25, 0.3) is 0 Å². The lowest BCUT2D eigenvalue weighted by Crippen LogP contribution is -2.35. The van der Waals surface area contributed by atoms with E-state index in [1.807, 2.05) is 17.0 Å². The number of aromatic nitrogens is 1. The maximum Gasteiger partial charge on any atom is 0.243 e. The Hall–Kier alpha value is -1.34. The van der Waals surface area contributed by atoms with Crippen molar-refractivity contribution in [3.8, 4) is 0 Å². The lowest BCUT2D eigenvalue weighted by molar-refractivity contribution is 0.433. The highest BCUT2D eigenvalue weighted by Crippen LogP contribution is 2.33. The van der Waals surface area contributed by atoms with E-state index >= 15 is 0 Å². The van der Waals surface area contributed by atoms with Gasteiger partial charge in [0.2, 0.25) is 10.0 Å². The molecule has 2 aromatic rings.